The van der Waals surface area contributed by atoms with Gasteiger partial charge in [-0.25, -0.2) is 0 Å². The Kier molecular flexibility index (Phi) is 3.72. The largest absolute Gasteiger partial charge is 0.322 e. The second-order valence-corrected chi connectivity index (χ2v) is 6.70. The summed E-state index contributed by atoms with van der Waals surface area (Å²) in [6, 6.07) is 12.6. The summed E-state index contributed by atoms with van der Waals surface area (Å²) < 4.78 is 0. The van der Waals surface area contributed by atoms with E-state index in [-0.39, 0.29) is 23.9 Å². The van der Waals surface area contributed by atoms with Crippen molar-refractivity contribution < 1.29 is 9.59 Å². The van der Waals surface area contributed by atoms with Crippen LogP contribution in [0.15, 0.2) is 47.3 Å². The number of fused-ring (bicyclic) bond motifs is 2. The van der Waals surface area contributed by atoms with E-state index in [0.717, 1.165) is 22.0 Å². The third kappa shape index (κ3) is 2.52. The number of aromatic nitrogens is 1. The van der Waals surface area contributed by atoms with Gasteiger partial charge >= 0.3 is 0 Å². The van der Waals surface area contributed by atoms with Crippen LogP contribution in [-0.2, 0) is 6.42 Å². The molecule has 0 fully saturated rings. The SMILES string of the molecule is Cc1cc2cc(CCN3C(=O)c4ccccc4C3=O)c(=O)[nH]c2cc1C. The molecule has 2 heterocycles. The molecule has 0 radical (unpaired) electrons. The number of benzene rings is 2. The van der Waals surface area contributed by atoms with Gasteiger partial charge in [-0.1, -0.05) is 12.1 Å². The van der Waals surface area contributed by atoms with Gasteiger partial charge in [-0.15, -0.1) is 0 Å². The first-order valence-corrected chi connectivity index (χ1v) is 8.54. The first kappa shape index (κ1) is 16.3. The van der Waals surface area contributed by atoms with Crippen LogP contribution in [0.2, 0.25) is 0 Å². The van der Waals surface area contributed by atoms with E-state index >= 15 is 0 Å². The molecule has 2 aromatic carbocycles. The predicted molar refractivity (Wildman–Crippen MR) is 99.6 cm³/mol. The fourth-order valence-corrected chi connectivity index (χ4v) is 3.38. The molecule has 1 aliphatic heterocycles. The highest BCUT2D eigenvalue weighted by Crippen LogP contribution is 2.23. The molecule has 0 saturated carbocycles. The Hall–Kier alpha value is -3.21. The van der Waals surface area contributed by atoms with Gasteiger partial charge in [-0.3, -0.25) is 19.3 Å². The van der Waals surface area contributed by atoms with Gasteiger partial charge in [0.05, 0.1) is 11.1 Å². The molecule has 4 rings (SSSR count). The van der Waals surface area contributed by atoms with Gasteiger partial charge in [-0.05, 0) is 67.1 Å². The third-order valence-electron chi connectivity index (χ3n) is 5.02. The van der Waals surface area contributed by atoms with Crippen molar-refractivity contribution in [3.63, 3.8) is 0 Å². The second kappa shape index (κ2) is 5.95. The van der Waals surface area contributed by atoms with E-state index in [0.29, 0.717) is 23.1 Å². The lowest BCUT2D eigenvalue weighted by Gasteiger charge is -2.13. The molecule has 1 aliphatic rings. The highest BCUT2D eigenvalue weighted by atomic mass is 16.2. The molecule has 5 heteroatoms. The molecule has 130 valence electrons. The number of nitrogens with zero attached hydrogens (tertiary/aromatic N) is 1. The molecule has 0 spiro atoms. The lowest BCUT2D eigenvalue weighted by atomic mass is 10.0. The molecule has 0 atom stereocenters. The van der Waals surface area contributed by atoms with Crippen LogP contribution in [0.25, 0.3) is 10.9 Å². The Labute approximate surface area is 150 Å². The Balaban J connectivity index is 1.62. The molecule has 0 unspecified atom stereocenters. The molecule has 2 amide bonds. The highest BCUT2D eigenvalue weighted by Gasteiger charge is 2.34. The van der Waals surface area contributed by atoms with Crippen LogP contribution >= 0.6 is 0 Å². The maximum absolute atomic E-state index is 12.4. The number of pyridine rings is 1. The summed E-state index contributed by atoms with van der Waals surface area (Å²) in [6.45, 7) is 4.22. The first-order valence-electron chi connectivity index (χ1n) is 8.54. The van der Waals surface area contributed by atoms with Gasteiger partial charge in [0.25, 0.3) is 17.4 Å². The molecular weight excluding hydrogens is 328 g/mol. The van der Waals surface area contributed by atoms with E-state index in [1.165, 1.54) is 4.90 Å². The lowest BCUT2D eigenvalue weighted by molar-refractivity contribution is 0.0656. The number of nitrogens with one attached hydrogen (secondary N) is 1. The van der Waals surface area contributed by atoms with Gasteiger partial charge in [0.15, 0.2) is 0 Å². The first-order chi connectivity index (χ1) is 12.5. The zero-order chi connectivity index (χ0) is 18.4. The van der Waals surface area contributed by atoms with E-state index < -0.39 is 0 Å². The van der Waals surface area contributed by atoms with Crippen molar-refractivity contribution >= 4 is 22.7 Å². The van der Waals surface area contributed by atoms with E-state index in [1.807, 2.05) is 32.0 Å². The summed E-state index contributed by atoms with van der Waals surface area (Å²) in [7, 11) is 0. The van der Waals surface area contributed by atoms with Crippen molar-refractivity contribution in [2.24, 2.45) is 0 Å². The van der Waals surface area contributed by atoms with Gasteiger partial charge in [0.2, 0.25) is 0 Å². The summed E-state index contributed by atoms with van der Waals surface area (Å²) >= 11 is 0. The number of hydrogen-bond donors (Lipinski definition) is 1. The number of aryl methyl sites for hydroxylation is 2. The van der Waals surface area contributed by atoms with Crippen molar-refractivity contribution in [3.8, 4) is 0 Å². The summed E-state index contributed by atoms with van der Waals surface area (Å²) in [6.07, 6.45) is 0.323. The number of amides is 2. The summed E-state index contributed by atoms with van der Waals surface area (Å²) in [5, 5.41) is 0.949. The topological polar surface area (TPSA) is 70.2 Å². The van der Waals surface area contributed by atoms with Gasteiger partial charge in [0, 0.05) is 17.6 Å². The number of aromatic amines is 1. The number of rotatable bonds is 3. The Morgan fingerprint density at radius 2 is 1.50 bits per heavy atom. The molecule has 0 aliphatic carbocycles. The van der Waals surface area contributed by atoms with Crippen LogP contribution in [-0.4, -0.2) is 28.2 Å². The van der Waals surface area contributed by atoms with Gasteiger partial charge < -0.3 is 4.98 Å². The average molecular weight is 346 g/mol. The third-order valence-corrected chi connectivity index (χ3v) is 5.02. The van der Waals surface area contributed by atoms with Crippen LogP contribution < -0.4 is 5.56 Å². The Bertz CT molecular complexity index is 1090. The fourth-order valence-electron chi connectivity index (χ4n) is 3.38. The quantitative estimate of drug-likeness (QED) is 0.741. The average Bonchev–Trinajstić information content (AvgIpc) is 2.86. The molecule has 26 heavy (non-hydrogen) atoms. The van der Waals surface area contributed by atoms with Crippen LogP contribution in [0.3, 0.4) is 0 Å². The highest BCUT2D eigenvalue weighted by molar-refractivity contribution is 6.21. The standard InChI is InChI=1S/C21H18N2O3/c1-12-9-15-11-14(19(24)22-18(15)10-13(12)2)7-8-23-20(25)16-5-3-4-6-17(16)21(23)26/h3-6,9-11H,7-8H2,1-2H3,(H,22,24). The molecule has 0 bridgehead atoms. The van der Waals surface area contributed by atoms with Gasteiger partial charge in [0.1, 0.15) is 0 Å². The van der Waals surface area contributed by atoms with E-state index in [1.54, 1.807) is 24.3 Å². The van der Waals surface area contributed by atoms with Crippen LogP contribution in [0.4, 0.5) is 0 Å². The number of carbonyl (C=O) groups excluding carboxylic acids is 2. The van der Waals surface area contributed by atoms with Crippen molar-refractivity contribution in [1.82, 2.24) is 9.88 Å². The minimum absolute atomic E-state index is 0.183. The fraction of sp³-hybridized carbons (Fsp3) is 0.190. The van der Waals surface area contributed by atoms with Crippen molar-refractivity contribution in [2.45, 2.75) is 20.3 Å². The van der Waals surface area contributed by atoms with Crippen molar-refractivity contribution in [3.05, 3.63) is 80.6 Å². The lowest BCUT2D eigenvalue weighted by Crippen LogP contribution is -2.32. The molecule has 5 nitrogen and oxygen atoms in total. The number of carbonyl (C=O) groups is 2. The van der Waals surface area contributed by atoms with Gasteiger partial charge in [-0.2, -0.15) is 0 Å². The zero-order valence-corrected chi connectivity index (χ0v) is 14.6. The monoisotopic (exact) mass is 346 g/mol. The van der Waals surface area contributed by atoms with E-state index in [2.05, 4.69) is 4.98 Å². The van der Waals surface area contributed by atoms with E-state index in [9.17, 15) is 14.4 Å². The second-order valence-electron chi connectivity index (χ2n) is 6.70. The smallest absolute Gasteiger partial charge is 0.261 e. The molecule has 0 saturated heterocycles. The van der Waals surface area contributed by atoms with E-state index in [4.69, 9.17) is 0 Å². The number of hydrogen-bond acceptors (Lipinski definition) is 3. The molecule has 1 N–H and O–H groups in total. The van der Waals surface area contributed by atoms with Crippen molar-refractivity contribution in [2.75, 3.05) is 6.54 Å². The van der Waals surface area contributed by atoms with Crippen molar-refractivity contribution in [1.29, 1.82) is 0 Å². The Morgan fingerprint density at radius 3 is 2.15 bits per heavy atom. The van der Waals surface area contributed by atoms with Crippen LogP contribution in [0, 0.1) is 13.8 Å². The zero-order valence-electron chi connectivity index (χ0n) is 14.6. The summed E-state index contributed by atoms with van der Waals surface area (Å²) in [5.41, 5.74) is 4.30. The number of imide groups is 1. The molecule has 1 aromatic heterocycles. The number of H-pyrrole nitrogens is 1. The maximum atomic E-state index is 12.4. The minimum Gasteiger partial charge on any atom is -0.322 e. The summed E-state index contributed by atoms with van der Waals surface area (Å²) in [4.78, 5) is 41.3. The summed E-state index contributed by atoms with van der Waals surface area (Å²) in [5.74, 6) is -0.594. The van der Waals surface area contributed by atoms with Crippen LogP contribution in [0.5, 0.6) is 0 Å². The normalized spacial score (nSPS) is 13.5. The van der Waals surface area contributed by atoms with Crippen LogP contribution in [0.1, 0.15) is 37.4 Å². The molecular formula is C21H18N2O3. The Morgan fingerprint density at radius 1 is 0.885 bits per heavy atom. The maximum Gasteiger partial charge on any atom is 0.261 e. The molecule has 3 aromatic rings. The predicted octanol–water partition coefficient (Wildman–Crippen LogP) is 2.98. The minimum atomic E-state index is -0.297.